The predicted octanol–water partition coefficient (Wildman–Crippen LogP) is 2.96. The molecule has 16 heavy (non-hydrogen) atoms. The average Bonchev–Trinajstić information content (AvgIpc) is 2.20. The van der Waals surface area contributed by atoms with E-state index in [-0.39, 0.29) is 18.4 Å². The molecule has 0 spiro atoms. The van der Waals surface area contributed by atoms with Crippen LogP contribution in [0.4, 0.5) is 0 Å². The molecule has 1 rings (SSSR count). The van der Waals surface area contributed by atoms with Gasteiger partial charge in [-0.3, -0.25) is 0 Å². The zero-order valence-corrected chi connectivity index (χ0v) is 11.1. The monoisotopic (exact) mass is 243 g/mol. The summed E-state index contributed by atoms with van der Waals surface area (Å²) in [6, 6.07) is 6.58. The lowest BCUT2D eigenvalue weighted by atomic mass is 10.0. The van der Waals surface area contributed by atoms with Crippen LogP contribution in [0.15, 0.2) is 18.2 Å². The fraction of sp³-hybridized carbons (Fsp3) is 0.538. The van der Waals surface area contributed by atoms with Crippen LogP contribution in [-0.4, -0.2) is 12.6 Å². The number of rotatable bonds is 5. The first-order valence-electron chi connectivity index (χ1n) is 5.67. The van der Waals surface area contributed by atoms with Gasteiger partial charge in [0.05, 0.1) is 6.61 Å². The van der Waals surface area contributed by atoms with Crippen molar-refractivity contribution in [2.75, 3.05) is 6.61 Å². The normalized spacial score (nSPS) is 11.8. The molecule has 92 valence electrons. The minimum absolute atomic E-state index is 0. The summed E-state index contributed by atoms with van der Waals surface area (Å²) in [5, 5.41) is 0. The van der Waals surface area contributed by atoms with Crippen LogP contribution in [-0.2, 0) is 12.8 Å². The summed E-state index contributed by atoms with van der Waals surface area (Å²) < 4.78 is 5.56. The predicted molar refractivity (Wildman–Crippen MR) is 71.6 cm³/mol. The van der Waals surface area contributed by atoms with Crippen LogP contribution >= 0.6 is 12.4 Å². The van der Waals surface area contributed by atoms with Gasteiger partial charge in [0, 0.05) is 6.04 Å². The molecule has 0 aliphatic rings. The summed E-state index contributed by atoms with van der Waals surface area (Å²) in [6.07, 6.45) is 1.93. The quantitative estimate of drug-likeness (QED) is 0.863. The molecule has 0 saturated carbocycles. The Morgan fingerprint density at radius 2 is 2.00 bits per heavy atom. The van der Waals surface area contributed by atoms with Gasteiger partial charge in [-0.1, -0.05) is 19.1 Å². The third-order valence-electron chi connectivity index (χ3n) is 2.36. The zero-order chi connectivity index (χ0) is 11.3. The van der Waals surface area contributed by atoms with Crippen molar-refractivity contribution in [2.24, 2.45) is 5.73 Å². The van der Waals surface area contributed by atoms with Crippen molar-refractivity contribution in [2.45, 2.75) is 39.7 Å². The van der Waals surface area contributed by atoms with Crippen molar-refractivity contribution in [1.29, 1.82) is 0 Å². The van der Waals surface area contributed by atoms with Gasteiger partial charge >= 0.3 is 0 Å². The molecule has 1 atom stereocenters. The Morgan fingerprint density at radius 3 is 2.50 bits per heavy atom. The highest BCUT2D eigenvalue weighted by Gasteiger charge is 2.04. The molecule has 0 radical (unpaired) electrons. The molecular weight excluding hydrogens is 222 g/mol. The Kier molecular flexibility index (Phi) is 7.18. The Hall–Kier alpha value is -0.730. The average molecular weight is 244 g/mol. The van der Waals surface area contributed by atoms with Crippen molar-refractivity contribution in [3.8, 4) is 5.75 Å². The van der Waals surface area contributed by atoms with E-state index in [1.165, 1.54) is 11.1 Å². The van der Waals surface area contributed by atoms with Gasteiger partial charge in [0.2, 0.25) is 0 Å². The molecule has 2 nitrogen and oxygen atoms in total. The summed E-state index contributed by atoms with van der Waals surface area (Å²) in [6.45, 7) is 6.91. The third kappa shape index (κ3) is 4.42. The summed E-state index contributed by atoms with van der Waals surface area (Å²) >= 11 is 0. The van der Waals surface area contributed by atoms with Gasteiger partial charge in [-0.05, 0) is 43.9 Å². The standard InChI is InChI=1S/C13H21NO.ClH/c1-4-12-9-11(8-10(3)14)6-7-13(12)15-5-2;/h6-7,9-10H,4-5,8,14H2,1-3H3;1H. The van der Waals surface area contributed by atoms with E-state index in [4.69, 9.17) is 10.5 Å². The Bertz CT molecular complexity index is 313. The van der Waals surface area contributed by atoms with Crippen LogP contribution < -0.4 is 10.5 Å². The highest BCUT2D eigenvalue weighted by molar-refractivity contribution is 5.85. The maximum absolute atomic E-state index is 5.78. The highest BCUT2D eigenvalue weighted by Crippen LogP contribution is 2.21. The van der Waals surface area contributed by atoms with Gasteiger partial charge in [-0.15, -0.1) is 12.4 Å². The van der Waals surface area contributed by atoms with Gasteiger partial charge in [0.15, 0.2) is 0 Å². The van der Waals surface area contributed by atoms with Gasteiger partial charge in [-0.2, -0.15) is 0 Å². The number of halogens is 1. The van der Waals surface area contributed by atoms with Gasteiger partial charge in [0.25, 0.3) is 0 Å². The van der Waals surface area contributed by atoms with Crippen LogP contribution in [0.3, 0.4) is 0 Å². The topological polar surface area (TPSA) is 35.2 Å². The molecule has 3 heteroatoms. The summed E-state index contributed by atoms with van der Waals surface area (Å²) in [4.78, 5) is 0. The molecule has 0 fully saturated rings. The minimum atomic E-state index is 0. The van der Waals surface area contributed by atoms with Crippen molar-refractivity contribution in [3.63, 3.8) is 0 Å². The van der Waals surface area contributed by atoms with Crippen molar-refractivity contribution in [1.82, 2.24) is 0 Å². The fourth-order valence-electron chi connectivity index (χ4n) is 1.70. The molecule has 0 bridgehead atoms. The lowest BCUT2D eigenvalue weighted by Crippen LogP contribution is -2.17. The van der Waals surface area contributed by atoms with E-state index >= 15 is 0 Å². The van der Waals surface area contributed by atoms with E-state index in [0.29, 0.717) is 0 Å². The molecule has 0 heterocycles. The number of aryl methyl sites for hydroxylation is 1. The van der Waals surface area contributed by atoms with Gasteiger partial charge in [0.1, 0.15) is 5.75 Å². The van der Waals surface area contributed by atoms with E-state index in [9.17, 15) is 0 Å². The van der Waals surface area contributed by atoms with Crippen molar-refractivity contribution < 1.29 is 4.74 Å². The number of benzene rings is 1. The lowest BCUT2D eigenvalue weighted by molar-refractivity contribution is 0.336. The molecule has 0 aliphatic heterocycles. The molecule has 0 amide bonds. The summed E-state index contributed by atoms with van der Waals surface area (Å²) in [5.74, 6) is 1.01. The van der Waals surface area contributed by atoms with Crippen LogP contribution in [0, 0.1) is 0 Å². The Labute approximate surface area is 105 Å². The molecule has 1 aromatic carbocycles. The highest BCUT2D eigenvalue weighted by atomic mass is 35.5. The lowest BCUT2D eigenvalue weighted by Gasteiger charge is -2.12. The summed E-state index contributed by atoms with van der Waals surface area (Å²) in [7, 11) is 0. The second kappa shape index (κ2) is 7.53. The molecule has 2 N–H and O–H groups in total. The van der Waals surface area contributed by atoms with E-state index in [1.807, 2.05) is 13.8 Å². The number of hydrogen-bond acceptors (Lipinski definition) is 2. The van der Waals surface area contributed by atoms with Gasteiger partial charge < -0.3 is 10.5 Å². The Balaban J connectivity index is 0.00000225. The SMILES string of the molecule is CCOc1ccc(CC(C)N)cc1CC.Cl. The number of hydrogen-bond donors (Lipinski definition) is 1. The number of nitrogens with two attached hydrogens (primary N) is 1. The molecule has 1 unspecified atom stereocenters. The first kappa shape index (κ1) is 15.3. The second-order valence-corrected chi connectivity index (χ2v) is 3.91. The van der Waals surface area contributed by atoms with E-state index in [0.717, 1.165) is 25.2 Å². The number of ether oxygens (including phenoxy) is 1. The summed E-state index contributed by atoms with van der Waals surface area (Å²) in [5.41, 5.74) is 8.35. The zero-order valence-electron chi connectivity index (χ0n) is 10.3. The largest absolute Gasteiger partial charge is 0.494 e. The van der Waals surface area contributed by atoms with Crippen molar-refractivity contribution >= 4 is 12.4 Å². The van der Waals surface area contributed by atoms with Crippen LogP contribution in [0.1, 0.15) is 31.9 Å². The van der Waals surface area contributed by atoms with E-state index in [2.05, 4.69) is 25.1 Å². The molecule has 0 aliphatic carbocycles. The Morgan fingerprint density at radius 1 is 1.31 bits per heavy atom. The maximum atomic E-state index is 5.78. The van der Waals surface area contributed by atoms with Crippen molar-refractivity contribution in [3.05, 3.63) is 29.3 Å². The van der Waals surface area contributed by atoms with Gasteiger partial charge in [-0.25, -0.2) is 0 Å². The van der Waals surface area contributed by atoms with E-state index < -0.39 is 0 Å². The third-order valence-corrected chi connectivity index (χ3v) is 2.36. The first-order valence-corrected chi connectivity index (χ1v) is 5.67. The molecule has 1 aromatic rings. The van der Waals surface area contributed by atoms with E-state index in [1.54, 1.807) is 0 Å². The molecule has 0 saturated heterocycles. The minimum Gasteiger partial charge on any atom is -0.494 e. The molecule has 0 aromatic heterocycles. The first-order chi connectivity index (χ1) is 7.17. The second-order valence-electron chi connectivity index (χ2n) is 3.91. The van der Waals surface area contributed by atoms with Crippen LogP contribution in [0.2, 0.25) is 0 Å². The fourth-order valence-corrected chi connectivity index (χ4v) is 1.70. The van der Waals surface area contributed by atoms with Crippen LogP contribution in [0.25, 0.3) is 0 Å². The van der Waals surface area contributed by atoms with Crippen LogP contribution in [0.5, 0.6) is 5.75 Å². The smallest absolute Gasteiger partial charge is 0.122 e. The maximum Gasteiger partial charge on any atom is 0.122 e. The molecular formula is C13H22ClNO.